The lowest BCUT2D eigenvalue weighted by molar-refractivity contribution is -0.121. The van der Waals surface area contributed by atoms with Gasteiger partial charge < -0.3 is 14.8 Å². The summed E-state index contributed by atoms with van der Waals surface area (Å²) in [4.78, 5) is 13.8. The number of thiophene rings is 1. The van der Waals surface area contributed by atoms with Gasteiger partial charge in [-0.1, -0.05) is 36.4 Å². The van der Waals surface area contributed by atoms with Gasteiger partial charge in [-0.15, -0.1) is 11.3 Å². The summed E-state index contributed by atoms with van der Waals surface area (Å²) in [6.45, 7) is 2.14. The Bertz CT molecular complexity index is 913. The van der Waals surface area contributed by atoms with Crippen LogP contribution in [0.15, 0.2) is 66.0 Å². The second kappa shape index (κ2) is 10.1. The first-order valence-corrected chi connectivity index (χ1v) is 10.3. The molecule has 0 saturated heterocycles. The molecule has 2 aromatic carbocycles. The monoisotopic (exact) mass is 410 g/mol. The van der Waals surface area contributed by atoms with Crippen molar-refractivity contribution in [2.75, 3.05) is 20.8 Å². The van der Waals surface area contributed by atoms with Crippen molar-refractivity contribution in [1.29, 1.82) is 0 Å². The molecular formula is C23H26N2O3S. The van der Waals surface area contributed by atoms with Crippen molar-refractivity contribution in [1.82, 2.24) is 10.6 Å². The van der Waals surface area contributed by atoms with Crippen LogP contribution in [-0.2, 0) is 4.79 Å². The first-order valence-electron chi connectivity index (χ1n) is 9.45. The number of hydrogen-bond donors (Lipinski definition) is 2. The maximum absolute atomic E-state index is 12.6. The van der Waals surface area contributed by atoms with E-state index in [1.54, 1.807) is 25.6 Å². The Labute approximate surface area is 175 Å². The van der Waals surface area contributed by atoms with Crippen molar-refractivity contribution >= 4 is 17.2 Å². The van der Waals surface area contributed by atoms with Crippen molar-refractivity contribution in [3.05, 3.63) is 82.0 Å². The fourth-order valence-corrected chi connectivity index (χ4v) is 4.05. The largest absolute Gasteiger partial charge is 0.497 e. The number of rotatable bonds is 9. The van der Waals surface area contributed by atoms with Crippen LogP contribution in [0.3, 0.4) is 0 Å². The van der Waals surface area contributed by atoms with Crippen molar-refractivity contribution in [3.63, 3.8) is 0 Å². The van der Waals surface area contributed by atoms with Gasteiger partial charge in [0.25, 0.3) is 0 Å². The molecule has 0 aliphatic heterocycles. The number of hydrogen-bond acceptors (Lipinski definition) is 5. The molecule has 1 heterocycles. The molecule has 29 heavy (non-hydrogen) atoms. The van der Waals surface area contributed by atoms with Gasteiger partial charge >= 0.3 is 0 Å². The second-order valence-electron chi connectivity index (χ2n) is 6.64. The normalized spacial score (nSPS) is 12.8. The van der Waals surface area contributed by atoms with E-state index in [0.29, 0.717) is 5.75 Å². The van der Waals surface area contributed by atoms with Crippen molar-refractivity contribution in [3.8, 4) is 11.5 Å². The van der Waals surface area contributed by atoms with Crippen LogP contribution in [0.4, 0.5) is 0 Å². The first-order chi connectivity index (χ1) is 14.1. The number of benzene rings is 2. The highest BCUT2D eigenvalue weighted by molar-refractivity contribution is 7.10. The van der Waals surface area contributed by atoms with Gasteiger partial charge in [-0.05, 0) is 42.1 Å². The summed E-state index contributed by atoms with van der Waals surface area (Å²) < 4.78 is 10.7. The summed E-state index contributed by atoms with van der Waals surface area (Å²) in [5.41, 5.74) is 2.00. The van der Waals surface area contributed by atoms with Gasteiger partial charge in [-0.25, -0.2) is 0 Å². The quantitative estimate of drug-likeness (QED) is 0.552. The van der Waals surface area contributed by atoms with E-state index in [1.165, 1.54) is 4.88 Å². The molecule has 2 atom stereocenters. The standard InChI is InChI=1S/C23H26N2O3S/c1-16(19-14-18(27-2)11-12-20(19)28-3)25-22(26)15-24-23(21-10-7-13-29-21)17-8-5-4-6-9-17/h4-14,16,23-24H,15H2,1-3H3,(H,25,26)/t16-,23+/m1/s1. The van der Waals surface area contributed by atoms with Crippen LogP contribution in [0, 0.1) is 0 Å². The maximum atomic E-state index is 12.6. The molecule has 0 aliphatic rings. The molecule has 0 spiro atoms. The average Bonchev–Trinajstić information content (AvgIpc) is 3.28. The van der Waals surface area contributed by atoms with Crippen LogP contribution in [0.2, 0.25) is 0 Å². The lowest BCUT2D eigenvalue weighted by atomic mass is 10.1. The lowest BCUT2D eigenvalue weighted by Crippen LogP contribution is -2.37. The Kier molecular flexibility index (Phi) is 7.27. The number of carbonyl (C=O) groups excluding carboxylic acids is 1. The molecule has 3 aromatic rings. The van der Waals surface area contributed by atoms with Gasteiger partial charge in [-0.3, -0.25) is 10.1 Å². The molecule has 0 unspecified atom stereocenters. The van der Waals surface area contributed by atoms with E-state index in [4.69, 9.17) is 9.47 Å². The molecule has 0 saturated carbocycles. The predicted octanol–water partition coefficient (Wildman–Crippen LogP) is 4.32. The van der Waals surface area contributed by atoms with Gasteiger partial charge in [0.15, 0.2) is 0 Å². The van der Waals surface area contributed by atoms with Crippen LogP contribution < -0.4 is 20.1 Å². The third-order valence-electron chi connectivity index (χ3n) is 4.71. The van der Waals surface area contributed by atoms with Gasteiger partial charge in [0.1, 0.15) is 11.5 Å². The number of methoxy groups -OCH3 is 2. The molecule has 5 nitrogen and oxygen atoms in total. The van der Waals surface area contributed by atoms with E-state index >= 15 is 0 Å². The van der Waals surface area contributed by atoms with Crippen molar-refractivity contribution in [2.24, 2.45) is 0 Å². The highest BCUT2D eigenvalue weighted by Gasteiger charge is 2.18. The topological polar surface area (TPSA) is 59.6 Å². The highest BCUT2D eigenvalue weighted by atomic mass is 32.1. The van der Waals surface area contributed by atoms with Crippen LogP contribution in [0.5, 0.6) is 11.5 Å². The van der Waals surface area contributed by atoms with E-state index in [2.05, 4.69) is 28.8 Å². The van der Waals surface area contributed by atoms with E-state index in [1.807, 2.05) is 54.8 Å². The van der Waals surface area contributed by atoms with Gasteiger partial charge in [0, 0.05) is 10.4 Å². The van der Waals surface area contributed by atoms with E-state index in [0.717, 1.165) is 16.9 Å². The SMILES string of the molecule is COc1ccc(OC)c([C@@H](C)NC(=O)CN[C@@H](c2ccccc2)c2cccs2)c1. The Morgan fingerprint density at radius 3 is 2.48 bits per heavy atom. The van der Waals surface area contributed by atoms with Crippen molar-refractivity contribution < 1.29 is 14.3 Å². The second-order valence-corrected chi connectivity index (χ2v) is 7.62. The van der Waals surface area contributed by atoms with Crippen LogP contribution in [-0.4, -0.2) is 26.7 Å². The Morgan fingerprint density at radius 1 is 1.03 bits per heavy atom. The zero-order chi connectivity index (χ0) is 20.6. The van der Waals surface area contributed by atoms with E-state index < -0.39 is 0 Å². The molecule has 0 bridgehead atoms. The summed E-state index contributed by atoms with van der Waals surface area (Å²) >= 11 is 1.67. The lowest BCUT2D eigenvalue weighted by Gasteiger charge is -2.21. The Balaban J connectivity index is 1.67. The molecule has 2 N–H and O–H groups in total. The summed E-state index contributed by atoms with van der Waals surface area (Å²) in [5.74, 6) is 1.36. The highest BCUT2D eigenvalue weighted by Crippen LogP contribution is 2.29. The van der Waals surface area contributed by atoms with E-state index in [9.17, 15) is 4.79 Å². The Morgan fingerprint density at radius 2 is 1.83 bits per heavy atom. The summed E-state index contributed by atoms with van der Waals surface area (Å²) in [5, 5.41) is 8.48. The Hall–Kier alpha value is -2.83. The molecule has 0 aliphatic carbocycles. The molecule has 1 aromatic heterocycles. The minimum atomic E-state index is -0.216. The number of ether oxygens (including phenoxy) is 2. The maximum Gasteiger partial charge on any atom is 0.234 e. The average molecular weight is 411 g/mol. The third kappa shape index (κ3) is 5.37. The number of carbonyl (C=O) groups is 1. The zero-order valence-corrected chi connectivity index (χ0v) is 17.7. The van der Waals surface area contributed by atoms with Gasteiger partial charge in [0.2, 0.25) is 5.91 Å². The van der Waals surface area contributed by atoms with E-state index in [-0.39, 0.29) is 24.5 Å². The summed E-state index contributed by atoms with van der Waals surface area (Å²) in [6.07, 6.45) is 0. The van der Waals surface area contributed by atoms with Gasteiger partial charge in [0.05, 0.1) is 32.8 Å². The van der Waals surface area contributed by atoms with Crippen LogP contribution in [0.1, 0.15) is 35.0 Å². The summed E-state index contributed by atoms with van der Waals surface area (Å²) in [6, 6.07) is 19.6. The fraction of sp³-hybridized carbons (Fsp3) is 0.261. The minimum absolute atomic E-state index is 0.0244. The fourth-order valence-electron chi connectivity index (χ4n) is 3.23. The number of amides is 1. The smallest absolute Gasteiger partial charge is 0.234 e. The number of nitrogens with one attached hydrogen (secondary N) is 2. The minimum Gasteiger partial charge on any atom is -0.497 e. The summed E-state index contributed by atoms with van der Waals surface area (Å²) in [7, 11) is 3.24. The third-order valence-corrected chi connectivity index (χ3v) is 5.65. The molecule has 1 amide bonds. The molecule has 152 valence electrons. The molecule has 3 rings (SSSR count). The molecule has 0 radical (unpaired) electrons. The molecular weight excluding hydrogens is 384 g/mol. The van der Waals surface area contributed by atoms with Crippen LogP contribution >= 0.6 is 11.3 Å². The van der Waals surface area contributed by atoms with Crippen LogP contribution in [0.25, 0.3) is 0 Å². The van der Waals surface area contributed by atoms with Crippen molar-refractivity contribution in [2.45, 2.75) is 19.0 Å². The molecule has 0 fully saturated rings. The molecule has 6 heteroatoms. The predicted molar refractivity (Wildman–Crippen MR) is 117 cm³/mol. The zero-order valence-electron chi connectivity index (χ0n) is 16.8. The first kappa shape index (κ1) is 20.9. The van der Waals surface area contributed by atoms with Gasteiger partial charge in [-0.2, -0.15) is 0 Å².